The third kappa shape index (κ3) is 3.77. The fourth-order valence-electron chi connectivity index (χ4n) is 3.06. The normalized spacial score (nSPS) is 24.6. The second-order valence-electron chi connectivity index (χ2n) is 5.45. The van der Waals surface area contributed by atoms with Crippen LogP contribution in [0.4, 0.5) is 4.39 Å². The number of halogens is 1. The summed E-state index contributed by atoms with van der Waals surface area (Å²) in [6.45, 7) is 8.32. The number of benzene rings is 1. The number of hydrogen-bond donors (Lipinski definition) is 1. The van der Waals surface area contributed by atoms with Gasteiger partial charge >= 0.3 is 0 Å². The summed E-state index contributed by atoms with van der Waals surface area (Å²) in [5, 5.41) is 3.58. The Hall–Kier alpha value is -0.930. The highest BCUT2D eigenvalue weighted by Gasteiger charge is 2.27. The van der Waals surface area contributed by atoms with Gasteiger partial charge in [-0.3, -0.25) is 4.90 Å². The minimum Gasteiger partial charge on any atom is -0.314 e. The van der Waals surface area contributed by atoms with Crippen molar-refractivity contribution in [2.24, 2.45) is 5.92 Å². The maximum absolute atomic E-state index is 13.7. The van der Waals surface area contributed by atoms with Crippen molar-refractivity contribution in [3.8, 4) is 0 Å². The average molecular weight is 264 g/mol. The lowest BCUT2D eigenvalue weighted by molar-refractivity contribution is 0.128. The highest BCUT2D eigenvalue weighted by atomic mass is 19.1. The number of piperidine rings is 1. The van der Waals surface area contributed by atoms with Gasteiger partial charge in [-0.05, 0) is 31.5 Å². The van der Waals surface area contributed by atoms with E-state index >= 15 is 0 Å². The smallest absolute Gasteiger partial charge is 0.127 e. The van der Waals surface area contributed by atoms with Crippen LogP contribution < -0.4 is 5.32 Å². The van der Waals surface area contributed by atoms with Crippen LogP contribution in [0.15, 0.2) is 24.3 Å². The molecule has 2 rings (SSSR count). The van der Waals surface area contributed by atoms with E-state index in [1.165, 1.54) is 12.8 Å². The maximum Gasteiger partial charge on any atom is 0.127 e. The maximum atomic E-state index is 13.7. The van der Waals surface area contributed by atoms with Crippen LogP contribution in [-0.2, 0) is 6.54 Å². The Bertz CT molecular complexity index is 394. The van der Waals surface area contributed by atoms with Gasteiger partial charge in [0.05, 0.1) is 0 Å². The zero-order chi connectivity index (χ0) is 13.7. The molecule has 1 aromatic rings. The zero-order valence-corrected chi connectivity index (χ0v) is 12.0. The molecule has 106 valence electrons. The van der Waals surface area contributed by atoms with Crippen LogP contribution in [0.2, 0.25) is 0 Å². The van der Waals surface area contributed by atoms with Gasteiger partial charge in [-0.15, -0.1) is 0 Å². The summed E-state index contributed by atoms with van der Waals surface area (Å²) in [4.78, 5) is 2.39. The Balaban J connectivity index is 1.95. The van der Waals surface area contributed by atoms with Gasteiger partial charge in [0.1, 0.15) is 5.82 Å². The molecule has 0 spiro atoms. The lowest BCUT2D eigenvalue weighted by Gasteiger charge is -2.38. The van der Waals surface area contributed by atoms with E-state index in [-0.39, 0.29) is 5.82 Å². The van der Waals surface area contributed by atoms with Gasteiger partial charge in [0, 0.05) is 24.7 Å². The van der Waals surface area contributed by atoms with Gasteiger partial charge in [0.2, 0.25) is 0 Å². The summed E-state index contributed by atoms with van der Waals surface area (Å²) in [5.74, 6) is 0.602. The first-order chi connectivity index (χ1) is 9.24. The SMILES string of the molecule is CCNC1CCN(Cc2ccccc2F)CC1CC. The molecule has 1 aromatic carbocycles. The van der Waals surface area contributed by atoms with Crippen molar-refractivity contribution < 1.29 is 4.39 Å². The quantitative estimate of drug-likeness (QED) is 0.879. The number of nitrogens with one attached hydrogen (secondary N) is 1. The fraction of sp³-hybridized carbons (Fsp3) is 0.625. The van der Waals surface area contributed by atoms with E-state index in [2.05, 4.69) is 24.1 Å². The standard InChI is InChI=1S/C16H25FN2/c1-3-13-11-19(10-9-16(13)18-4-2)12-14-7-5-6-8-15(14)17/h5-8,13,16,18H,3-4,9-12H2,1-2H3. The Morgan fingerprint density at radius 3 is 2.79 bits per heavy atom. The first kappa shape index (κ1) is 14.5. The van der Waals surface area contributed by atoms with Crippen molar-refractivity contribution in [3.63, 3.8) is 0 Å². The summed E-state index contributed by atoms with van der Waals surface area (Å²) in [6.07, 6.45) is 2.35. The summed E-state index contributed by atoms with van der Waals surface area (Å²) in [7, 11) is 0. The molecule has 1 aliphatic rings. The van der Waals surface area contributed by atoms with Gasteiger partial charge in [-0.1, -0.05) is 38.5 Å². The summed E-state index contributed by atoms with van der Waals surface area (Å²) >= 11 is 0. The predicted octanol–water partition coefficient (Wildman–Crippen LogP) is 3.04. The van der Waals surface area contributed by atoms with Crippen LogP contribution >= 0.6 is 0 Å². The molecule has 1 aliphatic heterocycles. The van der Waals surface area contributed by atoms with Crippen LogP contribution in [-0.4, -0.2) is 30.6 Å². The Kier molecular flexibility index (Phi) is 5.34. The molecule has 1 N–H and O–H groups in total. The van der Waals surface area contributed by atoms with Gasteiger partial charge < -0.3 is 5.32 Å². The Morgan fingerprint density at radius 2 is 2.11 bits per heavy atom. The molecule has 2 nitrogen and oxygen atoms in total. The average Bonchev–Trinajstić information content (AvgIpc) is 2.43. The molecule has 0 amide bonds. The first-order valence-corrected chi connectivity index (χ1v) is 7.43. The van der Waals surface area contributed by atoms with Gasteiger partial charge in [0.15, 0.2) is 0 Å². The topological polar surface area (TPSA) is 15.3 Å². The predicted molar refractivity (Wildman–Crippen MR) is 77.5 cm³/mol. The molecule has 0 aromatic heterocycles. The lowest BCUT2D eigenvalue weighted by Crippen LogP contribution is -2.48. The summed E-state index contributed by atoms with van der Waals surface area (Å²) in [6, 6.07) is 7.75. The third-order valence-electron chi connectivity index (χ3n) is 4.16. The molecule has 0 aliphatic carbocycles. The largest absolute Gasteiger partial charge is 0.314 e. The lowest BCUT2D eigenvalue weighted by atomic mass is 9.89. The van der Waals surface area contributed by atoms with Crippen molar-refractivity contribution in [1.82, 2.24) is 10.2 Å². The second-order valence-corrected chi connectivity index (χ2v) is 5.45. The van der Waals surface area contributed by atoms with Gasteiger partial charge in [-0.2, -0.15) is 0 Å². The molecule has 0 bridgehead atoms. The molecule has 0 saturated carbocycles. The minimum absolute atomic E-state index is 0.0793. The number of rotatable bonds is 5. The molecular formula is C16H25FN2. The van der Waals surface area contributed by atoms with E-state index in [1.807, 2.05) is 12.1 Å². The molecule has 1 heterocycles. The third-order valence-corrected chi connectivity index (χ3v) is 4.16. The molecule has 2 unspecified atom stereocenters. The monoisotopic (exact) mass is 264 g/mol. The number of likely N-dealkylation sites (tertiary alicyclic amines) is 1. The highest BCUT2D eigenvalue weighted by Crippen LogP contribution is 2.22. The molecular weight excluding hydrogens is 239 g/mol. The van der Waals surface area contributed by atoms with E-state index in [0.717, 1.165) is 31.7 Å². The van der Waals surface area contributed by atoms with Crippen LogP contribution in [0.5, 0.6) is 0 Å². The van der Waals surface area contributed by atoms with Crippen LogP contribution in [0.3, 0.4) is 0 Å². The van der Waals surface area contributed by atoms with Crippen LogP contribution in [0.1, 0.15) is 32.3 Å². The van der Waals surface area contributed by atoms with Gasteiger partial charge in [0.25, 0.3) is 0 Å². The molecule has 1 fully saturated rings. The molecule has 19 heavy (non-hydrogen) atoms. The number of hydrogen-bond acceptors (Lipinski definition) is 2. The molecule has 0 radical (unpaired) electrons. The van der Waals surface area contributed by atoms with Crippen molar-refractivity contribution in [2.75, 3.05) is 19.6 Å². The zero-order valence-electron chi connectivity index (χ0n) is 12.0. The van der Waals surface area contributed by atoms with E-state index in [1.54, 1.807) is 12.1 Å². The highest BCUT2D eigenvalue weighted by molar-refractivity contribution is 5.17. The Morgan fingerprint density at radius 1 is 1.32 bits per heavy atom. The number of nitrogens with zero attached hydrogens (tertiary/aromatic N) is 1. The van der Waals surface area contributed by atoms with Crippen molar-refractivity contribution >= 4 is 0 Å². The van der Waals surface area contributed by atoms with Crippen molar-refractivity contribution in [2.45, 2.75) is 39.3 Å². The van der Waals surface area contributed by atoms with E-state index in [9.17, 15) is 4.39 Å². The molecule has 1 saturated heterocycles. The fourth-order valence-corrected chi connectivity index (χ4v) is 3.06. The molecule has 2 atom stereocenters. The van der Waals surface area contributed by atoms with E-state index in [0.29, 0.717) is 12.0 Å². The van der Waals surface area contributed by atoms with Gasteiger partial charge in [-0.25, -0.2) is 4.39 Å². The minimum atomic E-state index is -0.0793. The summed E-state index contributed by atoms with van der Waals surface area (Å²) in [5.41, 5.74) is 0.819. The van der Waals surface area contributed by atoms with Crippen molar-refractivity contribution in [1.29, 1.82) is 0 Å². The molecule has 3 heteroatoms. The summed E-state index contributed by atoms with van der Waals surface area (Å²) < 4.78 is 13.7. The van der Waals surface area contributed by atoms with Crippen LogP contribution in [0.25, 0.3) is 0 Å². The second kappa shape index (κ2) is 7.01. The Labute approximate surface area is 116 Å². The first-order valence-electron chi connectivity index (χ1n) is 7.43. The van der Waals surface area contributed by atoms with E-state index < -0.39 is 0 Å². The van der Waals surface area contributed by atoms with E-state index in [4.69, 9.17) is 0 Å². The van der Waals surface area contributed by atoms with Crippen LogP contribution in [0, 0.1) is 11.7 Å². The van der Waals surface area contributed by atoms with Crippen molar-refractivity contribution in [3.05, 3.63) is 35.6 Å².